The highest BCUT2D eigenvalue weighted by Crippen LogP contribution is 2.14. The average molecular weight is 284 g/mol. The molecule has 0 bridgehead atoms. The molecular weight excluding hydrogens is 262 g/mol. The lowest BCUT2D eigenvalue weighted by Gasteiger charge is -2.30. The van der Waals surface area contributed by atoms with E-state index in [1.165, 1.54) is 12.8 Å². The summed E-state index contributed by atoms with van der Waals surface area (Å²) >= 11 is 0. The van der Waals surface area contributed by atoms with Crippen molar-refractivity contribution in [2.75, 3.05) is 26.2 Å². The summed E-state index contributed by atoms with van der Waals surface area (Å²) in [7, 11) is 0. The molecule has 0 aromatic heterocycles. The number of nitrogens with zero attached hydrogens (tertiary/aromatic N) is 1. The van der Waals surface area contributed by atoms with E-state index in [1.54, 1.807) is 12.1 Å². The molecular formula is C15H22ClNO2. The lowest BCUT2D eigenvalue weighted by atomic mass is 10.0. The van der Waals surface area contributed by atoms with E-state index in [0.29, 0.717) is 12.2 Å². The summed E-state index contributed by atoms with van der Waals surface area (Å²) in [5.41, 5.74) is 0.629. The molecule has 0 aliphatic carbocycles. The van der Waals surface area contributed by atoms with Gasteiger partial charge in [0.15, 0.2) is 0 Å². The van der Waals surface area contributed by atoms with Gasteiger partial charge in [0.05, 0.1) is 5.56 Å². The van der Waals surface area contributed by atoms with Crippen LogP contribution in [-0.2, 0) is 4.74 Å². The van der Waals surface area contributed by atoms with Crippen molar-refractivity contribution in [3.8, 4) is 0 Å². The Kier molecular flexibility index (Phi) is 6.89. The summed E-state index contributed by atoms with van der Waals surface area (Å²) in [4.78, 5) is 14.1. The molecule has 0 amide bonds. The van der Waals surface area contributed by atoms with Gasteiger partial charge in [-0.05, 0) is 37.4 Å². The minimum absolute atomic E-state index is 0. The molecule has 4 heteroatoms. The standard InChI is InChI=1S/C15H21NO2.ClH/c1-13-6-5-9-16(12-13)10-11-18-15(17)14-7-3-2-4-8-14;/h2-4,7-8,13H,5-6,9-12H2,1H3;1H. The van der Waals surface area contributed by atoms with Crippen LogP contribution < -0.4 is 0 Å². The molecule has 1 fully saturated rings. The molecule has 0 spiro atoms. The highest BCUT2D eigenvalue weighted by molar-refractivity contribution is 5.89. The van der Waals surface area contributed by atoms with Crippen molar-refractivity contribution in [3.05, 3.63) is 35.9 Å². The molecule has 19 heavy (non-hydrogen) atoms. The van der Waals surface area contributed by atoms with E-state index in [9.17, 15) is 4.79 Å². The molecule has 0 N–H and O–H groups in total. The number of halogens is 1. The number of carbonyl (C=O) groups excluding carboxylic acids is 1. The summed E-state index contributed by atoms with van der Waals surface area (Å²) < 4.78 is 5.29. The van der Waals surface area contributed by atoms with Crippen LogP contribution >= 0.6 is 12.4 Å². The second kappa shape index (κ2) is 8.18. The minimum atomic E-state index is -0.222. The quantitative estimate of drug-likeness (QED) is 0.796. The largest absolute Gasteiger partial charge is 0.461 e. The van der Waals surface area contributed by atoms with Crippen molar-refractivity contribution < 1.29 is 9.53 Å². The predicted octanol–water partition coefficient (Wildman–Crippen LogP) is 3.00. The number of esters is 1. The number of rotatable bonds is 4. The van der Waals surface area contributed by atoms with Gasteiger partial charge in [-0.3, -0.25) is 4.90 Å². The molecule has 1 saturated heterocycles. The third-order valence-corrected chi connectivity index (χ3v) is 3.39. The van der Waals surface area contributed by atoms with Crippen LogP contribution in [0.1, 0.15) is 30.1 Å². The fourth-order valence-corrected chi connectivity index (χ4v) is 2.41. The van der Waals surface area contributed by atoms with Crippen molar-refractivity contribution >= 4 is 18.4 Å². The number of carbonyl (C=O) groups is 1. The van der Waals surface area contributed by atoms with Gasteiger partial charge in [-0.2, -0.15) is 0 Å². The predicted molar refractivity (Wildman–Crippen MR) is 78.8 cm³/mol. The normalized spacial score (nSPS) is 19.5. The van der Waals surface area contributed by atoms with Crippen LogP contribution in [0.25, 0.3) is 0 Å². The monoisotopic (exact) mass is 283 g/mol. The van der Waals surface area contributed by atoms with Gasteiger partial charge in [0, 0.05) is 13.1 Å². The van der Waals surface area contributed by atoms with E-state index in [-0.39, 0.29) is 18.4 Å². The van der Waals surface area contributed by atoms with Crippen LogP contribution in [0.4, 0.5) is 0 Å². The Hall–Kier alpha value is -1.06. The van der Waals surface area contributed by atoms with Crippen LogP contribution in [0, 0.1) is 5.92 Å². The summed E-state index contributed by atoms with van der Waals surface area (Å²) in [5.74, 6) is 0.546. The highest BCUT2D eigenvalue weighted by atomic mass is 35.5. The Morgan fingerprint density at radius 1 is 1.37 bits per heavy atom. The second-order valence-corrected chi connectivity index (χ2v) is 5.05. The van der Waals surface area contributed by atoms with Crippen molar-refractivity contribution in [3.63, 3.8) is 0 Å². The fourth-order valence-electron chi connectivity index (χ4n) is 2.41. The maximum Gasteiger partial charge on any atom is 0.338 e. The summed E-state index contributed by atoms with van der Waals surface area (Å²) in [6.45, 7) is 5.88. The van der Waals surface area contributed by atoms with Crippen LogP contribution in [0.5, 0.6) is 0 Å². The minimum Gasteiger partial charge on any atom is -0.461 e. The molecule has 1 unspecified atom stereocenters. The molecule has 3 nitrogen and oxygen atoms in total. The van der Waals surface area contributed by atoms with Gasteiger partial charge >= 0.3 is 5.97 Å². The topological polar surface area (TPSA) is 29.5 Å². The number of hydrogen-bond donors (Lipinski definition) is 0. The second-order valence-electron chi connectivity index (χ2n) is 5.05. The van der Waals surface area contributed by atoms with Crippen molar-refractivity contribution in [2.24, 2.45) is 5.92 Å². The number of benzene rings is 1. The van der Waals surface area contributed by atoms with Gasteiger partial charge in [0.25, 0.3) is 0 Å². The summed E-state index contributed by atoms with van der Waals surface area (Å²) in [6, 6.07) is 9.16. The van der Waals surface area contributed by atoms with Gasteiger partial charge in [-0.25, -0.2) is 4.79 Å². The maximum absolute atomic E-state index is 11.7. The fraction of sp³-hybridized carbons (Fsp3) is 0.533. The average Bonchev–Trinajstić information content (AvgIpc) is 2.40. The van der Waals surface area contributed by atoms with Gasteiger partial charge in [0.2, 0.25) is 0 Å². The van der Waals surface area contributed by atoms with Crippen LogP contribution in [0.2, 0.25) is 0 Å². The number of likely N-dealkylation sites (tertiary alicyclic amines) is 1. The van der Waals surface area contributed by atoms with Gasteiger partial charge in [-0.1, -0.05) is 25.1 Å². The Labute approximate surface area is 121 Å². The Morgan fingerprint density at radius 3 is 2.79 bits per heavy atom. The zero-order valence-corrected chi connectivity index (χ0v) is 12.2. The highest BCUT2D eigenvalue weighted by Gasteiger charge is 2.16. The summed E-state index contributed by atoms with van der Waals surface area (Å²) in [6.07, 6.45) is 2.58. The smallest absolute Gasteiger partial charge is 0.338 e. The summed E-state index contributed by atoms with van der Waals surface area (Å²) in [5, 5.41) is 0. The third kappa shape index (κ3) is 5.21. The third-order valence-electron chi connectivity index (χ3n) is 3.39. The van der Waals surface area contributed by atoms with Crippen molar-refractivity contribution in [1.29, 1.82) is 0 Å². The maximum atomic E-state index is 11.7. The Bertz CT molecular complexity index is 383. The Morgan fingerprint density at radius 2 is 2.11 bits per heavy atom. The molecule has 1 aromatic carbocycles. The molecule has 1 aliphatic rings. The molecule has 1 atom stereocenters. The first-order valence-electron chi connectivity index (χ1n) is 6.70. The van der Waals surface area contributed by atoms with Crippen LogP contribution in [0.15, 0.2) is 30.3 Å². The first kappa shape index (κ1) is 16.0. The molecule has 1 aromatic rings. The van der Waals surface area contributed by atoms with E-state index in [1.807, 2.05) is 18.2 Å². The van der Waals surface area contributed by atoms with Gasteiger partial charge in [-0.15, -0.1) is 12.4 Å². The van der Waals surface area contributed by atoms with Crippen molar-refractivity contribution in [1.82, 2.24) is 4.90 Å². The van der Waals surface area contributed by atoms with Crippen molar-refractivity contribution in [2.45, 2.75) is 19.8 Å². The molecule has 0 radical (unpaired) electrons. The van der Waals surface area contributed by atoms with E-state index in [4.69, 9.17) is 4.74 Å². The first-order chi connectivity index (χ1) is 8.75. The molecule has 1 aliphatic heterocycles. The number of hydrogen-bond acceptors (Lipinski definition) is 3. The zero-order chi connectivity index (χ0) is 12.8. The lowest BCUT2D eigenvalue weighted by Crippen LogP contribution is -2.36. The molecule has 2 rings (SSSR count). The number of ether oxygens (including phenoxy) is 1. The van der Waals surface area contributed by atoms with Crippen LogP contribution in [0.3, 0.4) is 0 Å². The molecule has 1 heterocycles. The van der Waals surface area contributed by atoms with E-state index < -0.39 is 0 Å². The lowest BCUT2D eigenvalue weighted by molar-refractivity contribution is 0.0438. The van der Waals surface area contributed by atoms with E-state index in [2.05, 4.69) is 11.8 Å². The SMILES string of the molecule is CC1CCCN(CCOC(=O)c2ccccc2)C1.Cl. The molecule has 0 saturated carbocycles. The first-order valence-corrected chi connectivity index (χ1v) is 6.70. The van der Waals surface area contributed by atoms with E-state index >= 15 is 0 Å². The zero-order valence-electron chi connectivity index (χ0n) is 11.4. The van der Waals surface area contributed by atoms with Crippen LogP contribution in [-0.4, -0.2) is 37.1 Å². The Balaban J connectivity index is 0.00000180. The van der Waals surface area contributed by atoms with E-state index in [0.717, 1.165) is 25.6 Å². The molecule has 106 valence electrons. The van der Waals surface area contributed by atoms with Gasteiger partial charge in [0.1, 0.15) is 6.61 Å². The van der Waals surface area contributed by atoms with Gasteiger partial charge < -0.3 is 4.74 Å². The number of piperidine rings is 1.